The van der Waals surface area contributed by atoms with Crippen LogP contribution in [0.5, 0.6) is 5.75 Å². The Labute approximate surface area is 206 Å². The van der Waals surface area contributed by atoms with E-state index < -0.39 is 6.09 Å². The van der Waals surface area contributed by atoms with Crippen LogP contribution in [0.2, 0.25) is 0 Å². The number of amides is 2. The van der Waals surface area contributed by atoms with Gasteiger partial charge in [-0.25, -0.2) is 9.48 Å². The molecule has 1 fully saturated rings. The lowest BCUT2D eigenvalue weighted by atomic mass is 10.1. The fraction of sp³-hybridized carbons (Fsp3) is 0.370. The van der Waals surface area contributed by atoms with Crippen molar-refractivity contribution >= 4 is 18.3 Å². The molecule has 4 rings (SSSR count). The summed E-state index contributed by atoms with van der Waals surface area (Å²) in [7, 11) is 1.71. The van der Waals surface area contributed by atoms with Crippen molar-refractivity contribution in [2.24, 2.45) is 0 Å². The molecule has 2 amide bonds. The summed E-state index contributed by atoms with van der Waals surface area (Å²) in [5.74, 6) is 0.987. The van der Waals surface area contributed by atoms with Gasteiger partial charge in [-0.3, -0.25) is 10.1 Å². The first-order chi connectivity index (χ1) is 16.7. The minimum Gasteiger partial charge on any atom is -0.410 e. The summed E-state index contributed by atoms with van der Waals surface area (Å²) in [6.45, 7) is 8.68. The highest BCUT2D eigenvalue weighted by Crippen LogP contribution is 2.35. The largest absolute Gasteiger partial charge is 0.418 e. The number of likely N-dealkylation sites (tertiary alicyclic amines) is 1. The molecule has 1 unspecified atom stereocenters. The number of hydrogen-bond donors (Lipinski definition) is 1. The van der Waals surface area contributed by atoms with Crippen molar-refractivity contribution < 1.29 is 19.1 Å². The Bertz CT molecular complexity index is 1110. The van der Waals surface area contributed by atoms with E-state index in [-0.39, 0.29) is 11.6 Å². The van der Waals surface area contributed by atoms with Gasteiger partial charge in [0, 0.05) is 19.2 Å². The molecule has 8 heteroatoms. The van der Waals surface area contributed by atoms with E-state index in [0.717, 1.165) is 36.2 Å². The number of rotatable bonds is 5. The van der Waals surface area contributed by atoms with E-state index in [4.69, 9.17) is 14.6 Å². The molecule has 0 radical (unpaired) electrons. The van der Waals surface area contributed by atoms with Gasteiger partial charge < -0.3 is 14.4 Å². The van der Waals surface area contributed by atoms with Gasteiger partial charge in [0.05, 0.1) is 23.0 Å². The van der Waals surface area contributed by atoms with Gasteiger partial charge in [0.2, 0.25) is 6.41 Å². The lowest BCUT2D eigenvalue weighted by molar-refractivity contribution is -0.119. The first-order valence-electron chi connectivity index (χ1n) is 11.7. The lowest BCUT2D eigenvalue weighted by Gasteiger charge is -2.18. The van der Waals surface area contributed by atoms with Crippen LogP contribution in [0.3, 0.4) is 0 Å². The van der Waals surface area contributed by atoms with Crippen molar-refractivity contribution in [3.05, 3.63) is 71.9 Å². The SMILES string of the molecule is COC(C)(C)C.Cc1c(C2CCCN2C=O)nn(-c2ccccc2)c1NC(=O)Oc1ccccc1. The Hall–Kier alpha value is -3.65. The van der Waals surface area contributed by atoms with Gasteiger partial charge >= 0.3 is 6.09 Å². The van der Waals surface area contributed by atoms with Gasteiger partial charge in [-0.2, -0.15) is 5.10 Å². The van der Waals surface area contributed by atoms with Crippen molar-refractivity contribution in [2.75, 3.05) is 19.0 Å². The van der Waals surface area contributed by atoms with Crippen LogP contribution in [-0.2, 0) is 9.53 Å². The zero-order chi connectivity index (χ0) is 25.4. The zero-order valence-corrected chi connectivity index (χ0v) is 21.0. The number of nitrogens with zero attached hydrogens (tertiary/aromatic N) is 3. The topological polar surface area (TPSA) is 85.7 Å². The highest BCUT2D eigenvalue weighted by Gasteiger charge is 2.31. The molecule has 1 saturated heterocycles. The summed E-state index contributed by atoms with van der Waals surface area (Å²) in [4.78, 5) is 25.7. The van der Waals surface area contributed by atoms with E-state index in [0.29, 0.717) is 18.1 Å². The van der Waals surface area contributed by atoms with Crippen LogP contribution in [0, 0.1) is 6.92 Å². The summed E-state index contributed by atoms with van der Waals surface area (Å²) in [6.07, 6.45) is 2.05. The third kappa shape index (κ3) is 6.93. The third-order valence-corrected chi connectivity index (χ3v) is 5.69. The molecule has 2 heterocycles. The quantitative estimate of drug-likeness (QED) is 0.488. The summed E-state index contributed by atoms with van der Waals surface area (Å²) < 4.78 is 12.0. The molecule has 1 aliphatic rings. The molecule has 0 bridgehead atoms. The van der Waals surface area contributed by atoms with E-state index >= 15 is 0 Å². The molecule has 0 saturated carbocycles. The Morgan fingerprint density at radius 1 is 1.09 bits per heavy atom. The molecule has 2 aromatic carbocycles. The van der Waals surface area contributed by atoms with E-state index in [2.05, 4.69) is 5.32 Å². The molecule has 0 aliphatic carbocycles. The van der Waals surface area contributed by atoms with E-state index in [1.165, 1.54) is 0 Å². The molecule has 3 aromatic rings. The van der Waals surface area contributed by atoms with Crippen LogP contribution in [-0.4, -0.2) is 46.4 Å². The van der Waals surface area contributed by atoms with Crippen LogP contribution in [0.25, 0.3) is 5.69 Å². The van der Waals surface area contributed by atoms with Gasteiger partial charge in [-0.15, -0.1) is 0 Å². The Morgan fingerprint density at radius 2 is 1.69 bits per heavy atom. The lowest BCUT2D eigenvalue weighted by Crippen LogP contribution is -2.22. The molecular formula is C27H34N4O4. The number of methoxy groups -OCH3 is 1. The fourth-order valence-electron chi connectivity index (χ4n) is 3.66. The summed E-state index contributed by atoms with van der Waals surface area (Å²) in [5.41, 5.74) is 2.46. The van der Waals surface area contributed by atoms with E-state index in [1.54, 1.807) is 41.0 Å². The Kier molecular flexibility index (Phi) is 8.65. The number of aromatic nitrogens is 2. The van der Waals surface area contributed by atoms with Crippen molar-refractivity contribution in [3.63, 3.8) is 0 Å². The van der Waals surface area contributed by atoms with Crippen LogP contribution in [0.1, 0.15) is 50.9 Å². The highest BCUT2D eigenvalue weighted by atomic mass is 16.6. The summed E-state index contributed by atoms with van der Waals surface area (Å²) in [5, 5.41) is 7.60. The number of hydrogen-bond acceptors (Lipinski definition) is 5. The average molecular weight is 479 g/mol. The molecule has 0 spiro atoms. The molecule has 1 aromatic heterocycles. The molecule has 8 nitrogen and oxygen atoms in total. The van der Waals surface area contributed by atoms with Gasteiger partial charge in [-0.05, 0) is 64.8 Å². The zero-order valence-electron chi connectivity index (χ0n) is 21.0. The van der Waals surface area contributed by atoms with Crippen molar-refractivity contribution in [3.8, 4) is 11.4 Å². The number of ether oxygens (including phenoxy) is 2. The maximum atomic E-state index is 12.5. The minimum atomic E-state index is -0.596. The monoisotopic (exact) mass is 478 g/mol. The van der Waals surface area contributed by atoms with Crippen LogP contribution in [0.4, 0.5) is 10.6 Å². The van der Waals surface area contributed by atoms with Crippen LogP contribution < -0.4 is 10.1 Å². The number of nitrogens with one attached hydrogen (secondary N) is 1. The average Bonchev–Trinajstić information content (AvgIpc) is 3.44. The predicted octanol–water partition coefficient (Wildman–Crippen LogP) is 5.52. The van der Waals surface area contributed by atoms with E-state index in [1.807, 2.05) is 64.1 Å². The van der Waals surface area contributed by atoms with Crippen molar-refractivity contribution in [2.45, 2.75) is 52.2 Å². The Morgan fingerprint density at radius 3 is 2.26 bits per heavy atom. The highest BCUT2D eigenvalue weighted by molar-refractivity contribution is 5.86. The minimum absolute atomic E-state index is 0.0417. The smallest absolute Gasteiger partial charge is 0.410 e. The fourth-order valence-corrected chi connectivity index (χ4v) is 3.66. The first kappa shape index (κ1) is 26.0. The Balaban J connectivity index is 0.000000509. The van der Waals surface area contributed by atoms with Crippen LogP contribution >= 0.6 is 0 Å². The van der Waals surface area contributed by atoms with E-state index in [9.17, 15) is 9.59 Å². The normalized spacial score (nSPS) is 15.2. The maximum absolute atomic E-state index is 12.5. The molecule has 1 aliphatic heterocycles. The molecule has 1 N–H and O–H groups in total. The molecule has 186 valence electrons. The van der Waals surface area contributed by atoms with Crippen LogP contribution in [0.15, 0.2) is 60.7 Å². The maximum Gasteiger partial charge on any atom is 0.418 e. The number of carbonyl (C=O) groups is 2. The number of benzene rings is 2. The number of anilines is 1. The van der Waals surface area contributed by atoms with Crippen molar-refractivity contribution in [1.29, 1.82) is 0 Å². The third-order valence-electron chi connectivity index (χ3n) is 5.69. The van der Waals surface area contributed by atoms with Crippen molar-refractivity contribution in [1.82, 2.24) is 14.7 Å². The predicted molar refractivity (Wildman–Crippen MR) is 136 cm³/mol. The first-order valence-corrected chi connectivity index (χ1v) is 11.7. The second-order valence-corrected chi connectivity index (χ2v) is 9.25. The standard InChI is InChI=1S/C22H22N4O3.C5H12O/c1-16-20(19-13-8-14-25(19)15-27)24-26(17-9-4-2-5-10-17)21(16)23-22(28)29-18-11-6-3-7-12-18;1-5(2,3)6-4/h2-7,9-12,15,19H,8,13-14H2,1H3,(H,23,28);1-4H3. The summed E-state index contributed by atoms with van der Waals surface area (Å²) >= 11 is 0. The number of carbonyl (C=O) groups excluding carboxylic acids is 2. The molecule has 35 heavy (non-hydrogen) atoms. The van der Waals surface area contributed by atoms with Gasteiger partial charge in [0.15, 0.2) is 0 Å². The second-order valence-electron chi connectivity index (χ2n) is 9.25. The molecule has 1 atom stereocenters. The van der Waals surface area contributed by atoms with Gasteiger partial charge in [0.25, 0.3) is 0 Å². The van der Waals surface area contributed by atoms with Gasteiger partial charge in [0.1, 0.15) is 11.6 Å². The summed E-state index contributed by atoms with van der Waals surface area (Å²) in [6, 6.07) is 18.4. The second kappa shape index (κ2) is 11.7. The molecular weight excluding hydrogens is 444 g/mol. The van der Waals surface area contributed by atoms with Gasteiger partial charge in [-0.1, -0.05) is 36.4 Å². The number of para-hydroxylation sites is 2.